The van der Waals surface area contributed by atoms with E-state index in [4.69, 9.17) is 4.74 Å². The van der Waals surface area contributed by atoms with E-state index in [9.17, 15) is 4.39 Å². The SMILES string of the molecule is CNC(Cc1ccc(F)c(Br)c1)c1ccc(C)cc1OC. The highest BCUT2D eigenvalue weighted by atomic mass is 79.9. The van der Waals surface area contributed by atoms with Crippen molar-refractivity contribution in [1.29, 1.82) is 0 Å². The average Bonchev–Trinajstić information content (AvgIpc) is 2.48. The zero-order valence-corrected chi connectivity index (χ0v) is 14.0. The first-order valence-corrected chi connectivity index (χ1v) is 7.60. The third-order valence-corrected chi connectivity index (χ3v) is 4.14. The summed E-state index contributed by atoms with van der Waals surface area (Å²) in [6, 6.07) is 11.4. The first kappa shape index (κ1) is 16.0. The summed E-state index contributed by atoms with van der Waals surface area (Å²) in [7, 11) is 3.60. The predicted octanol–water partition coefficient (Wildman–Crippen LogP) is 4.41. The number of likely N-dealkylation sites (N-methyl/N-ethyl adjacent to an activating group) is 1. The Kier molecular flexibility index (Phi) is 5.37. The second-order valence-corrected chi connectivity index (χ2v) is 5.89. The van der Waals surface area contributed by atoms with Crippen LogP contribution in [0.25, 0.3) is 0 Å². The number of aryl methyl sites for hydroxylation is 1. The molecular formula is C17H19BrFNO. The quantitative estimate of drug-likeness (QED) is 0.861. The summed E-state index contributed by atoms with van der Waals surface area (Å²) >= 11 is 3.23. The van der Waals surface area contributed by atoms with Gasteiger partial charge in [-0.2, -0.15) is 0 Å². The van der Waals surface area contributed by atoms with Crippen molar-refractivity contribution in [1.82, 2.24) is 5.32 Å². The van der Waals surface area contributed by atoms with Gasteiger partial charge in [0.25, 0.3) is 0 Å². The summed E-state index contributed by atoms with van der Waals surface area (Å²) in [5.41, 5.74) is 3.33. The van der Waals surface area contributed by atoms with Gasteiger partial charge in [0.2, 0.25) is 0 Å². The van der Waals surface area contributed by atoms with Gasteiger partial charge in [-0.05, 0) is 65.6 Å². The first-order valence-electron chi connectivity index (χ1n) is 6.81. The number of halogens is 2. The summed E-state index contributed by atoms with van der Waals surface area (Å²) in [4.78, 5) is 0. The van der Waals surface area contributed by atoms with Crippen LogP contribution in [0.3, 0.4) is 0 Å². The van der Waals surface area contributed by atoms with Crippen LogP contribution >= 0.6 is 15.9 Å². The molecule has 0 amide bonds. The van der Waals surface area contributed by atoms with Gasteiger partial charge in [-0.3, -0.25) is 0 Å². The molecule has 1 unspecified atom stereocenters. The maximum absolute atomic E-state index is 13.3. The summed E-state index contributed by atoms with van der Waals surface area (Å²) in [5.74, 6) is 0.628. The second kappa shape index (κ2) is 7.05. The van der Waals surface area contributed by atoms with Gasteiger partial charge >= 0.3 is 0 Å². The molecule has 4 heteroatoms. The van der Waals surface area contributed by atoms with Crippen molar-refractivity contribution in [2.45, 2.75) is 19.4 Å². The Hall–Kier alpha value is -1.39. The maximum Gasteiger partial charge on any atom is 0.137 e. The largest absolute Gasteiger partial charge is 0.496 e. The molecule has 0 saturated carbocycles. The van der Waals surface area contributed by atoms with E-state index in [-0.39, 0.29) is 11.9 Å². The maximum atomic E-state index is 13.3. The van der Waals surface area contributed by atoms with Crippen LogP contribution in [0.4, 0.5) is 4.39 Å². The lowest BCUT2D eigenvalue weighted by atomic mass is 9.97. The van der Waals surface area contributed by atoms with Crippen molar-refractivity contribution in [3.63, 3.8) is 0 Å². The Morgan fingerprint density at radius 3 is 2.62 bits per heavy atom. The lowest BCUT2D eigenvalue weighted by Crippen LogP contribution is -2.19. The minimum absolute atomic E-state index is 0.109. The molecule has 0 heterocycles. The molecule has 0 aliphatic rings. The predicted molar refractivity (Wildman–Crippen MR) is 87.3 cm³/mol. The van der Waals surface area contributed by atoms with Crippen LogP contribution in [0.2, 0.25) is 0 Å². The number of benzene rings is 2. The number of rotatable bonds is 5. The molecule has 2 nitrogen and oxygen atoms in total. The Labute approximate surface area is 133 Å². The van der Waals surface area contributed by atoms with E-state index in [2.05, 4.69) is 33.4 Å². The third kappa shape index (κ3) is 3.83. The van der Waals surface area contributed by atoms with E-state index in [0.29, 0.717) is 4.47 Å². The Morgan fingerprint density at radius 2 is 2.00 bits per heavy atom. The molecule has 0 aromatic heterocycles. The van der Waals surface area contributed by atoms with Crippen LogP contribution in [0.5, 0.6) is 5.75 Å². The molecule has 0 aliphatic heterocycles. The molecular weight excluding hydrogens is 333 g/mol. The minimum Gasteiger partial charge on any atom is -0.496 e. The van der Waals surface area contributed by atoms with E-state index in [0.717, 1.165) is 28.9 Å². The summed E-state index contributed by atoms with van der Waals surface area (Å²) in [5, 5.41) is 3.31. The van der Waals surface area contributed by atoms with Crippen LogP contribution < -0.4 is 10.1 Å². The summed E-state index contributed by atoms with van der Waals surface area (Å²) in [6.45, 7) is 2.04. The van der Waals surface area contributed by atoms with Crippen molar-refractivity contribution in [2.75, 3.05) is 14.2 Å². The highest BCUT2D eigenvalue weighted by Crippen LogP contribution is 2.29. The molecule has 0 aliphatic carbocycles. The van der Waals surface area contributed by atoms with Crippen LogP contribution in [0.1, 0.15) is 22.7 Å². The number of nitrogens with one attached hydrogen (secondary N) is 1. The Bertz CT molecular complexity index is 630. The van der Waals surface area contributed by atoms with Gasteiger partial charge in [0, 0.05) is 11.6 Å². The molecule has 1 atom stereocenters. The fraction of sp³-hybridized carbons (Fsp3) is 0.294. The molecule has 2 aromatic rings. The van der Waals surface area contributed by atoms with Crippen LogP contribution in [0, 0.1) is 12.7 Å². The summed E-state index contributed by atoms with van der Waals surface area (Å²) in [6.07, 6.45) is 0.759. The summed E-state index contributed by atoms with van der Waals surface area (Å²) < 4.78 is 19.3. The van der Waals surface area contributed by atoms with E-state index < -0.39 is 0 Å². The van der Waals surface area contributed by atoms with Crippen molar-refractivity contribution >= 4 is 15.9 Å². The fourth-order valence-electron chi connectivity index (χ4n) is 2.38. The minimum atomic E-state index is -0.243. The monoisotopic (exact) mass is 351 g/mol. The smallest absolute Gasteiger partial charge is 0.137 e. The molecule has 0 saturated heterocycles. The van der Waals surface area contributed by atoms with E-state index in [1.54, 1.807) is 7.11 Å². The molecule has 2 aromatic carbocycles. The molecule has 0 fully saturated rings. The lowest BCUT2D eigenvalue weighted by molar-refractivity contribution is 0.401. The van der Waals surface area contributed by atoms with Crippen LogP contribution in [-0.2, 0) is 6.42 Å². The van der Waals surface area contributed by atoms with E-state index in [1.165, 1.54) is 6.07 Å². The Balaban J connectivity index is 2.29. The van der Waals surface area contributed by atoms with E-state index >= 15 is 0 Å². The van der Waals surface area contributed by atoms with Crippen molar-refractivity contribution in [3.05, 3.63) is 63.4 Å². The van der Waals surface area contributed by atoms with Gasteiger partial charge in [0.05, 0.1) is 11.6 Å². The van der Waals surface area contributed by atoms with Gasteiger partial charge in [-0.1, -0.05) is 18.2 Å². The van der Waals surface area contributed by atoms with Gasteiger partial charge in [0.15, 0.2) is 0 Å². The van der Waals surface area contributed by atoms with E-state index in [1.807, 2.05) is 32.2 Å². The molecule has 0 radical (unpaired) electrons. The third-order valence-electron chi connectivity index (χ3n) is 3.54. The first-order chi connectivity index (χ1) is 10.0. The zero-order chi connectivity index (χ0) is 15.4. The molecule has 112 valence electrons. The average molecular weight is 352 g/mol. The van der Waals surface area contributed by atoms with Crippen LogP contribution in [-0.4, -0.2) is 14.2 Å². The number of hydrogen-bond acceptors (Lipinski definition) is 2. The molecule has 0 bridgehead atoms. The van der Waals surface area contributed by atoms with Gasteiger partial charge in [-0.25, -0.2) is 4.39 Å². The normalized spacial score (nSPS) is 12.2. The van der Waals surface area contributed by atoms with Crippen molar-refractivity contribution in [2.24, 2.45) is 0 Å². The highest BCUT2D eigenvalue weighted by Gasteiger charge is 2.15. The lowest BCUT2D eigenvalue weighted by Gasteiger charge is -2.20. The van der Waals surface area contributed by atoms with Crippen molar-refractivity contribution in [3.8, 4) is 5.75 Å². The van der Waals surface area contributed by atoms with Crippen LogP contribution in [0.15, 0.2) is 40.9 Å². The topological polar surface area (TPSA) is 21.3 Å². The standard InChI is InChI=1S/C17H19BrFNO/c1-11-4-6-13(17(8-11)21-3)16(20-2)10-12-5-7-15(19)14(18)9-12/h4-9,16,20H,10H2,1-3H3. The molecule has 0 spiro atoms. The molecule has 1 N–H and O–H groups in total. The van der Waals surface area contributed by atoms with Crippen molar-refractivity contribution < 1.29 is 9.13 Å². The number of ether oxygens (including phenoxy) is 1. The molecule has 21 heavy (non-hydrogen) atoms. The Morgan fingerprint density at radius 1 is 1.24 bits per heavy atom. The number of methoxy groups -OCH3 is 1. The second-order valence-electron chi connectivity index (χ2n) is 5.04. The zero-order valence-electron chi connectivity index (χ0n) is 12.4. The number of hydrogen-bond donors (Lipinski definition) is 1. The van der Waals surface area contributed by atoms with Gasteiger partial charge < -0.3 is 10.1 Å². The van der Waals surface area contributed by atoms with Gasteiger partial charge in [0.1, 0.15) is 11.6 Å². The fourth-order valence-corrected chi connectivity index (χ4v) is 2.80. The highest BCUT2D eigenvalue weighted by molar-refractivity contribution is 9.10. The van der Waals surface area contributed by atoms with Gasteiger partial charge in [-0.15, -0.1) is 0 Å². The molecule has 2 rings (SSSR count).